The number of anilines is 1. The van der Waals surface area contributed by atoms with Crippen LogP contribution in [-0.4, -0.2) is 37.8 Å². The van der Waals surface area contributed by atoms with Crippen LogP contribution >= 0.6 is 12.2 Å². The van der Waals surface area contributed by atoms with Gasteiger partial charge in [-0.05, 0) is 18.6 Å². The first kappa shape index (κ1) is 15.6. The molecule has 1 aromatic rings. The predicted molar refractivity (Wildman–Crippen MR) is 78.4 cm³/mol. The highest BCUT2D eigenvalue weighted by Gasteiger charge is 2.11. The van der Waals surface area contributed by atoms with Gasteiger partial charge in [-0.3, -0.25) is 4.79 Å². The average molecular weight is 282 g/mol. The minimum atomic E-state index is -0.251. The van der Waals surface area contributed by atoms with Gasteiger partial charge in [-0.1, -0.05) is 24.4 Å². The van der Waals surface area contributed by atoms with Crippen molar-refractivity contribution in [3.05, 3.63) is 29.3 Å². The van der Waals surface area contributed by atoms with Gasteiger partial charge in [0.15, 0.2) is 0 Å². The number of amides is 1. The van der Waals surface area contributed by atoms with Gasteiger partial charge in [0.05, 0.1) is 18.9 Å². The van der Waals surface area contributed by atoms with E-state index < -0.39 is 0 Å². The molecular formula is C13H18N2O3S. The van der Waals surface area contributed by atoms with Crippen molar-refractivity contribution in [2.24, 2.45) is 5.73 Å². The second-order valence-corrected chi connectivity index (χ2v) is 4.40. The van der Waals surface area contributed by atoms with E-state index in [1.807, 2.05) is 19.1 Å². The number of hydrogen-bond acceptors (Lipinski definition) is 4. The summed E-state index contributed by atoms with van der Waals surface area (Å²) in [5.41, 5.74) is 7.87. The maximum Gasteiger partial charge on any atom is 0.250 e. The Hall–Kier alpha value is -1.50. The minimum absolute atomic E-state index is 0.0337. The third-order valence-electron chi connectivity index (χ3n) is 2.46. The summed E-state index contributed by atoms with van der Waals surface area (Å²) in [5, 5.41) is 2.74. The topological polar surface area (TPSA) is 73.6 Å². The molecule has 1 rings (SSSR count). The number of nitrogens with one attached hydrogen (secondary N) is 1. The van der Waals surface area contributed by atoms with Crippen LogP contribution in [0.25, 0.3) is 0 Å². The Morgan fingerprint density at radius 2 is 2.16 bits per heavy atom. The largest absolute Gasteiger partial charge is 0.389 e. The Kier molecular flexibility index (Phi) is 6.41. The normalized spacial score (nSPS) is 10.2. The first-order valence-corrected chi connectivity index (χ1v) is 6.23. The van der Waals surface area contributed by atoms with E-state index in [-0.39, 0.29) is 17.5 Å². The molecular weight excluding hydrogens is 264 g/mol. The lowest BCUT2D eigenvalue weighted by Crippen LogP contribution is -2.22. The number of benzene rings is 1. The highest BCUT2D eigenvalue weighted by atomic mass is 32.1. The van der Waals surface area contributed by atoms with Gasteiger partial charge < -0.3 is 20.5 Å². The monoisotopic (exact) mass is 282 g/mol. The van der Waals surface area contributed by atoms with Crippen molar-refractivity contribution < 1.29 is 14.3 Å². The predicted octanol–water partition coefficient (Wildman–Crippen LogP) is 1.23. The molecule has 0 spiro atoms. The number of carbonyl (C=O) groups is 1. The van der Waals surface area contributed by atoms with Crippen molar-refractivity contribution in [3.63, 3.8) is 0 Å². The number of thiocarbonyl (C=S) groups is 1. The minimum Gasteiger partial charge on any atom is -0.389 e. The van der Waals surface area contributed by atoms with Crippen molar-refractivity contribution in [1.82, 2.24) is 0 Å². The maximum absolute atomic E-state index is 11.7. The van der Waals surface area contributed by atoms with Crippen LogP contribution < -0.4 is 11.1 Å². The number of rotatable bonds is 7. The van der Waals surface area contributed by atoms with E-state index in [1.165, 1.54) is 0 Å². The second-order valence-electron chi connectivity index (χ2n) is 3.96. The van der Waals surface area contributed by atoms with Crippen LogP contribution in [0, 0.1) is 6.92 Å². The summed E-state index contributed by atoms with van der Waals surface area (Å²) in [6.07, 6.45) is 0. The number of ether oxygens (including phenoxy) is 2. The Labute approximate surface area is 118 Å². The molecule has 0 heterocycles. The van der Waals surface area contributed by atoms with E-state index in [2.05, 4.69) is 5.32 Å². The lowest BCUT2D eigenvalue weighted by atomic mass is 10.1. The molecule has 1 amide bonds. The van der Waals surface area contributed by atoms with Crippen LogP contribution in [-0.2, 0) is 14.3 Å². The van der Waals surface area contributed by atoms with Crippen LogP contribution in [0.5, 0.6) is 0 Å². The van der Waals surface area contributed by atoms with Crippen LogP contribution in [0.3, 0.4) is 0 Å². The Bertz CT molecular complexity index is 463. The summed E-state index contributed by atoms with van der Waals surface area (Å²) in [4.78, 5) is 12.0. The zero-order valence-corrected chi connectivity index (χ0v) is 11.9. The molecule has 0 aliphatic carbocycles. The van der Waals surface area contributed by atoms with Crippen molar-refractivity contribution in [3.8, 4) is 0 Å². The van der Waals surface area contributed by atoms with Crippen molar-refractivity contribution in [2.75, 3.05) is 32.2 Å². The van der Waals surface area contributed by atoms with Crippen LogP contribution in [0.2, 0.25) is 0 Å². The molecule has 3 N–H and O–H groups in total. The van der Waals surface area contributed by atoms with Gasteiger partial charge in [0.2, 0.25) is 5.91 Å². The fraction of sp³-hybridized carbons (Fsp3) is 0.385. The Balaban J connectivity index is 2.64. The first-order valence-electron chi connectivity index (χ1n) is 5.82. The quantitative estimate of drug-likeness (QED) is 0.581. The molecule has 1 aromatic carbocycles. The smallest absolute Gasteiger partial charge is 0.250 e. The van der Waals surface area contributed by atoms with Gasteiger partial charge in [-0.2, -0.15) is 0 Å². The van der Waals surface area contributed by atoms with E-state index in [0.29, 0.717) is 24.5 Å². The molecule has 0 unspecified atom stereocenters. The Morgan fingerprint density at radius 3 is 2.79 bits per heavy atom. The molecule has 0 bridgehead atoms. The molecule has 0 aromatic heterocycles. The summed E-state index contributed by atoms with van der Waals surface area (Å²) in [5.74, 6) is -0.251. The number of methoxy groups -OCH3 is 1. The SMILES string of the molecule is COCCOCC(=O)Nc1cccc(C)c1C(N)=S. The summed E-state index contributed by atoms with van der Waals surface area (Å²) in [7, 11) is 1.57. The molecule has 0 aliphatic heterocycles. The highest BCUT2D eigenvalue weighted by molar-refractivity contribution is 7.80. The van der Waals surface area contributed by atoms with Gasteiger partial charge in [-0.15, -0.1) is 0 Å². The van der Waals surface area contributed by atoms with Gasteiger partial charge in [0.1, 0.15) is 11.6 Å². The van der Waals surface area contributed by atoms with E-state index in [1.54, 1.807) is 13.2 Å². The maximum atomic E-state index is 11.7. The first-order chi connectivity index (χ1) is 9.06. The number of nitrogens with two attached hydrogens (primary N) is 1. The fourth-order valence-electron chi connectivity index (χ4n) is 1.59. The summed E-state index contributed by atoms with van der Waals surface area (Å²) in [6.45, 7) is 2.68. The fourth-order valence-corrected chi connectivity index (χ4v) is 1.86. The molecule has 0 saturated carbocycles. The summed E-state index contributed by atoms with van der Waals surface area (Å²) >= 11 is 4.99. The average Bonchev–Trinajstić information content (AvgIpc) is 2.34. The Morgan fingerprint density at radius 1 is 1.42 bits per heavy atom. The molecule has 5 nitrogen and oxygen atoms in total. The molecule has 6 heteroatoms. The van der Waals surface area contributed by atoms with E-state index in [0.717, 1.165) is 5.56 Å². The van der Waals surface area contributed by atoms with Crippen molar-refractivity contribution in [2.45, 2.75) is 6.92 Å². The second kappa shape index (κ2) is 7.83. The molecule has 0 aliphatic rings. The van der Waals surface area contributed by atoms with Crippen LogP contribution in [0.15, 0.2) is 18.2 Å². The van der Waals surface area contributed by atoms with E-state index in [9.17, 15) is 4.79 Å². The highest BCUT2D eigenvalue weighted by Crippen LogP contribution is 2.19. The number of aryl methyl sites for hydroxylation is 1. The molecule has 0 saturated heterocycles. The third kappa shape index (κ3) is 4.94. The third-order valence-corrected chi connectivity index (χ3v) is 2.66. The van der Waals surface area contributed by atoms with Crippen LogP contribution in [0.1, 0.15) is 11.1 Å². The molecule has 0 radical (unpaired) electrons. The lowest BCUT2D eigenvalue weighted by molar-refractivity contribution is -0.121. The molecule has 19 heavy (non-hydrogen) atoms. The zero-order chi connectivity index (χ0) is 14.3. The van der Waals surface area contributed by atoms with Crippen molar-refractivity contribution in [1.29, 1.82) is 0 Å². The van der Waals surface area contributed by atoms with Crippen LogP contribution in [0.4, 0.5) is 5.69 Å². The van der Waals surface area contributed by atoms with Gasteiger partial charge in [0.25, 0.3) is 0 Å². The lowest BCUT2D eigenvalue weighted by Gasteiger charge is -2.12. The molecule has 104 valence electrons. The number of hydrogen-bond donors (Lipinski definition) is 2. The van der Waals surface area contributed by atoms with E-state index >= 15 is 0 Å². The van der Waals surface area contributed by atoms with Gasteiger partial charge >= 0.3 is 0 Å². The molecule has 0 fully saturated rings. The zero-order valence-electron chi connectivity index (χ0n) is 11.1. The number of carbonyl (C=O) groups excluding carboxylic acids is 1. The van der Waals surface area contributed by atoms with E-state index in [4.69, 9.17) is 27.4 Å². The summed E-state index contributed by atoms with van der Waals surface area (Å²) < 4.78 is 9.96. The van der Waals surface area contributed by atoms with Crippen molar-refractivity contribution >= 4 is 28.8 Å². The standard InChI is InChI=1S/C13H18N2O3S/c1-9-4-3-5-10(12(9)13(14)19)15-11(16)8-18-7-6-17-2/h3-5H,6-8H2,1-2H3,(H2,14,19)(H,15,16). The van der Waals surface area contributed by atoms with Gasteiger partial charge in [0, 0.05) is 12.7 Å². The van der Waals surface area contributed by atoms with Gasteiger partial charge in [-0.25, -0.2) is 0 Å². The summed E-state index contributed by atoms with van der Waals surface area (Å²) in [6, 6.07) is 5.48. The molecule has 0 atom stereocenters.